The third kappa shape index (κ3) is 3.73. The maximum atomic E-state index is 13.0. The molecule has 8 heteroatoms. The number of hydrogen-bond donors (Lipinski definition) is 1. The summed E-state index contributed by atoms with van der Waals surface area (Å²) in [5.74, 6) is 0.855. The molecule has 1 fully saturated rings. The Morgan fingerprint density at radius 3 is 2.45 bits per heavy atom. The van der Waals surface area contributed by atoms with Crippen LogP contribution in [0.15, 0.2) is 58.1 Å². The molecule has 1 N–H and O–H groups in total. The predicted octanol–water partition coefficient (Wildman–Crippen LogP) is 2.74. The van der Waals surface area contributed by atoms with Crippen molar-refractivity contribution in [2.45, 2.75) is 6.54 Å². The lowest BCUT2D eigenvalue weighted by molar-refractivity contribution is 0.246. The first kappa shape index (κ1) is 19.8. The molecule has 0 radical (unpaired) electrons. The van der Waals surface area contributed by atoms with E-state index in [4.69, 9.17) is 4.74 Å². The fraction of sp³-hybridized carbons (Fsp3) is 0.304. The fourth-order valence-electron chi connectivity index (χ4n) is 4.18. The summed E-state index contributed by atoms with van der Waals surface area (Å²) < 4.78 is 8.20. The molecule has 3 heterocycles. The number of hydrogen-bond acceptors (Lipinski definition) is 6. The molecule has 2 aromatic carbocycles. The Kier molecular flexibility index (Phi) is 5.25. The lowest BCUT2D eigenvalue weighted by atomic mass is 10.2. The minimum Gasteiger partial charge on any atom is -0.497 e. The zero-order valence-electron chi connectivity index (χ0n) is 17.3. The molecule has 31 heavy (non-hydrogen) atoms. The van der Waals surface area contributed by atoms with Crippen molar-refractivity contribution in [2.24, 2.45) is 0 Å². The number of nitrogens with one attached hydrogen (secondary N) is 1. The summed E-state index contributed by atoms with van der Waals surface area (Å²) in [7, 11) is 1.67. The minimum absolute atomic E-state index is 0.197. The third-order valence-corrected chi connectivity index (χ3v) is 7.12. The van der Waals surface area contributed by atoms with E-state index in [1.165, 1.54) is 21.6 Å². The third-order valence-electron chi connectivity index (χ3n) is 5.96. The maximum Gasteiger partial charge on any atom is 0.328 e. The highest BCUT2D eigenvalue weighted by atomic mass is 32.1. The molecule has 160 valence electrons. The average Bonchev–Trinajstić information content (AvgIpc) is 3.18. The summed E-state index contributed by atoms with van der Waals surface area (Å²) in [6, 6.07) is 15.9. The molecule has 4 aromatic rings. The van der Waals surface area contributed by atoms with Crippen LogP contribution in [0.5, 0.6) is 5.75 Å². The van der Waals surface area contributed by atoms with Gasteiger partial charge >= 0.3 is 5.69 Å². The van der Waals surface area contributed by atoms with E-state index in [2.05, 4.69) is 26.9 Å². The first-order valence-corrected chi connectivity index (χ1v) is 11.2. The van der Waals surface area contributed by atoms with E-state index in [0.717, 1.165) is 42.0 Å². The quantitative estimate of drug-likeness (QED) is 0.521. The monoisotopic (exact) mass is 436 g/mol. The highest BCUT2D eigenvalue weighted by Crippen LogP contribution is 2.29. The molecule has 0 saturated carbocycles. The molecule has 0 atom stereocenters. The topological polar surface area (TPSA) is 70.6 Å². The summed E-state index contributed by atoms with van der Waals surface area (Å²) in [6.45, 7) is 4.67. The van der Waals surface area contributed by atoms with Crippen molar-refractivity contribution in [1.29, 1.82) is 0 Å². The molecule has 0 aliphatic carbocycles. The molecule has 5 rings (SSSR count). The van der Waals surface area contributed by atoms with Gasteiger partial charge in [-0.15, -0.1) is 11.3 Å². The van der Waals surface area contributed by atoms with Crippen molar-refractivity contribution < 1.29 is 4.74 Å². The van der Waals surface area contributed by atoms with Gasteiger partial charge in [-0.1, -0.05) is 18.2 Å². The van der Waals surface area contributed by atoms with Crippen molar-refractivity contribution in [3.05, 3.63) is 69.4 Å². The number of benzene rings is 2. The Hall–Kier alpha value is -3.10. The van der Waals surface area contributed by atoms with Gasteiger partial charge in [0.25, 0.3) is 5.56 Å². The number of thiophene rings is 1. The van der Waals surface area contributed by atoms with E-state index < -0.39 is 0 Å². The van der Waals surface area contributed by atoms with Gasteiger partial charge in [-0.25, -0.2) is 4.79 Å². The molecular formula is C23H24N4O3S. The molecule has 1 aliphatic heterocycles. The largest absolute Gasteiger partial charge is 0.497 e. The highest BCUT2D eigenvalue weighted by molar-refractivity contribution is 7.25. The Bertz CT molecular complexity index is 1330. The normalized spacial score (nSPS) is 15.1. The molecule has 0 unspecified atom stereocenters. The van der Waals surface area contributed by atoms with Gasteiger partial charge in [0, 0.05) is 55.0 Å². The van der Waals surface area contributed by atoms with Crippen LogP contribution in [0.4, 0.5) is 5.69 Å². The standard InChI is InChI=1S/C23H24N4O3S/c1-30-17-8-6-16(7-9-17)26-13-10-25(11-14-26)12-15-27-22(28)21-20(24-23(27)29)18-4-2-3-5-19(18)31-21/h2-9H,10-15H2,1H3,(H,24,29). The van der Waals surface area contributed by atoms with Crippen LogP contribution in [0.2, 0.25) is 0 Å². The van der Waals surface area contributed by atoms with E-state index in [-0.39, 0.29) is 11.2 Å². The first-order valence-electron chi connectivity index (χ1n) is 10.4. The zero-order chi connectivity index (χ0) is 21.4. The van der Waals surface area contributed by atoms with Gasteiger partial charge in [0.05, 0.1) is 12.6 Å². The van der Waals surface area contributed by atoms with Crippen molar-refractivity contribution in [3.8, 4) is 5.75 Å². The second-order valence-electron chi connectivity index (χ2n) is 7.72. The van der Waals surface area contributed by atoms with Crippen LogP contribution < -0.4 is 20.9 Å². The molecule has 0 spiro atoms. The lowest BCUT2D eigenvalue weighted by Gasteiger charge is -2.36. The van der Waals surface area contributed by atoms with E-state index in [9.17, 15) is 9.59 Å². The first-order chi connectivity index (χ1) is 15.1. The Morgan fingerprint density at radius 2 is 1.71 bits per heavy atom. The number of fused-ring (bicyclic) bond motifs is 3. The number of H-pyrrole nitrogens is 1. The van der Waals surface area contributed by atoms with Crippen molar-refractivity contribution >= 4 is 37.3 Å². The van der Waals surface area contributed by atoms with E-state index in [0.29, 0.717) is 23.3 Å². The Balaban J connectivity index is 1.28. The van der Waals surface area contributed by atoms with Crippen LogP contribution >= 0.6 is 11.3 Å². The molecule has 1 aliphatic rings. The number of rotatable bonds is 5. The maximum absolute atomic E-state index is 13.0. The van der Waals surface area contributed by atoms with Crippen molar-refractivity contribution in [2.75, 3.05) is 44.7 Å². The summed E-state index contributed by atoms with van der Waals surface area (Å²) >= 11 is 1.44. The van der Waals surface area contributed by atoms with E-state index in [1.807, 2.05) is 36.4 Å². The van der Waals surface area contributed by atoms with Crippen molar-refractivity contribution in [1.82, 2.24) is 14.5 Å². The molecule has 0 bridgehead atoms. The van der Waals surface area contributed by atoms with Crippen molar-refractivity contribution in [3.63, 3.8) is 0 Å². The van der Waals surface area contributed by atoms with Gasteiger partial charge in [0.15, 0.2) is 0 Å². The molecular weight excluding hydrogens is 412 g/mol. The van der Waals surface area contributed by atoms with Crippen LogP contribution in [0.1, 0.15) is 0 Å². The van der Waals surface area contributed by atoms with E-state index >= 15 is 0 Å². The second-order valence-corrected chi connectivity index (χ2v) is 8.77. The number of anilines is 1. The number of aromatic nitrogens is 2. The summed E-state index contributed by atoms with van der Waals surface area (Å²) in [5.41, 5.74) is 1.30. The van der Waals surface area contributed by atoms with Gasteiger partial charge in [-0.2, -0.15) is 0 Å². The van der Waals surface area contributed by atoms with Crippen LogP contribution in [0, 0.1) is 0 Å². The number of piperazine rings is 1. The average molecular weight is 437 g/mol. The lowest BCUT2D eigenvalue weighted by Crippen LogP contribution is -2.48. The minimum atomic E-state index is -0.335. The predicted molar refractivity (Wildman–Crippen MR) is 126 cm³/mol. The van der Waals surface area contributed by atoms with E-state index in [1.54, 1.807) is 7.11 Å². The van der Waals surface area contributed by atoms with Crippen LogP contribution in [0.25, 0.3) is 20.3 Å². The van der Waals surface area contributed by atoms with Crippen LogP contribution in [0.3, 0.4) is 0 Å². The Labute approximate surface area is 183 Å². The number of methoxy groups -OCH3 is 1. The van der Waals surface area contributed by atoms with Gasteiger partial charge in [-0.05, 0) is 30.3 Å². The Morgan fingerprint density at radius 1 is 0.968 bits per heavy atom. The van der Waals surface area contributed by atoms with Gasteiger partial charge in [0.1, 0.15) is 10.4 Å². The molecule has 1 saturated heterocycles. The number of aromatic amines is 1. The number of nitrogens with zero attached hydrogens (tertiary/aromatic N) is 3. The second kappa shape index (κ2) is 8.20. The molecule has 0 amide bonds. The summed E-state index contributed by atoms with van der Waals surface area (Å²) in [4.78, 5) is 33.2. The molecule has 7 nitrogen and oxygen atoms in total. The SMILES string of the molecule is COc1ccc(N2CCN(CCn3c(=O)[nH]c4c(sc5ccccc54)c3=O)CC2)cc1. The summed E-state index contributed by atoms with van der Waals surface area (Å²) in [5, 5.41) is 0.929. The smallest absolute Gasteiger partial charge is 0.328 e. The highest BCUT2D eigenvalue weighted by Gasteiger charge is 2.19. The number of ether oxygens (including phenoxy) is 1. The van der Waals surface area contributed by atoms with Gasteiger partial charge in [-0.3, -0.25) is 14.3 Å². The molecule has 2 aromatic heterocycles. The van der Waals surface area contributed by atoms with Gasteiger partial charge in [0.2, 0.25) is 0 Å². The van der Waals surface area contributed by atoms with Crippen LogP contribution in [-0.4, -0.2) is 54.3 Å². The van der Waals surface area contributed by atoms with Gasteiger partial charge < -0.3 is 14.6 Å². The van der Waals surface area contributed by atoms with Crippen LogP contribution in [-0.2, 0) is 6.54 Å². The zero-order valence-corrected chi connectivity index (χ0v) is 18.2. The summed E-state index contributed by atoms with van der Waals surface area (Å²) in [6.07, 6.45) is 0. The fourth-order valence-corrected chi connectivity index (χ4v) is 5.28.